The SMILES string of the molecule is COc1ccc(OC)c(N2C[C@H](c3nc4ccccc4n3CCCOc3c(C)cccc3C)CC2=O)c1. The molecule has 0 bridgehead atoms. The Morgan fingerprint density at radius 2 is 1.76 bits per heavy atom. The van der Waals surface area contributed by atoms with Gasteiger partial charge in [-0.1, -0.05) is 30.3 Å². The second-order valence-electron chi connectivity index (χ2n) is 9.48. The Labute approximate surface area is 217 Å². The van der Waals surface area contributed by atoms with Gasteiger partial charge in [-0.05, 0) is 55.7 Å². The summed E-state index contributed by atoms with van der Waals surface area (Å²) >= 11 is 0. The zero-order chi connectivity index (χ0) is 25.9. The van der Waals surface area contributed by atoms with E-state index in [0.29, 0.717) is 31.1 Å². The number of para-hydroxylation sites is 3. The molecule has 0 spiro atoms. The van der Waals surface area contributed by atoms with E-state index in [4.69, 9.17) is 19.2 Å². The number of fused-ring (bicyclic) bond motifs is 1. The highest BCUT2D eigenvalue weighted by atomic mass is 16.5. The molecule has 0 aliphatic carbocycles. The number of hydrogen-bond donors (Lipinski definition) is 0. The lowest BCUT2D eigenvalue weighted by molar-refractivity contribution is -0.117. The van der Waals surface area contributed by atoms with Crippen LogP contribution in [0.25, 0.3) is 11.0 Å². The zero-order valence-electron chi connectivity index (χ0n) is 21.9. The number of aromatic nitrogens is 2. The maximum atomic E-state index is 13.2. The molecule has 0 unspecified atom stereocenters. The summed E-state index contributed by atoms with van der Waals surface area (Å²) in [5, 5.41) is 0. The summed E-state index contributed by atoms with van der Waals surface area (Å²) in [7, 11) is 3.23. The van der Waals surface area contributed by atoms with Crippen LogP contribution in [0, 0.1) is 13.8 Å². The van der Waals surface area contributed by atoms with Gasteiger partial charge >= 0.3 is 0 Å². The van der Waals surface area contributed by atoms with Crippen LogP contribution in [0.2, 0.25) is 0 Å². The summed E-state index contributed by atoms with van der Waals surface area (Å²) in [5.41, 5.74) is 5.03. The fourth-order valence-electron chi connectivity index (χ4n) is 5.19. The molecule has 1 fully saturated rings. The lowest BCUT2D eigenvalue weighted by Gasteiger charge is -2.20. The highest BCUT2D eigenvalue weighted by Gasteiger charge is 2.36. The minimum atomic E-state index is -0.0321. The van der Waals surface area contributed by atoms with Crippen molar-refractivity contribution in [3.63, 3.8) is 0 Å². The van der Waals surface area contributed by atoms with Crippen molar-refractivity contribution in [1.82, 2.24) is 9.55 Å². The Morgan fingerprint density at radius 3 is 2.51 bits per heavy atom. The molecule has 1 aromatic heterocycles. The molecule has 0 saturated carbocycles. The Hall–Kier alpha value is -4.00. The molecule has 7 heteroatoms. The molecule has 192 valence electrons. The van der Waals surface area contributed by atoms with Gasteiger partial charge in [0.15, 0.2) is 0 Å². The van der Waals surface area contributed by atoms with Gasteiger partial charge in [0.25, 0.3) is 0 Å². The van der Waals surface area contributed by atoms with Crippen molar-refractivity contribution in [2.45, 2.75) is 39.2 Å². The number of carbonyl (C=O) groups is 1. The lowest BCUT2D eigenvalue weighted by Crippen LogP contribution is -2.25. The topological polar surface area (TPSA) is 65.8 Å². The van der Waals surface area contributed by atoms with Crippen molar-refractivity contribution < 1.29 is 19.0 Å². The van der Waals surface area contributed by atoms with Crippen LogP contribution in [0.5, 0.6) is 17.2 Å². The van der Waals surface area contributed by atoms with E-state index in [2.05, 4.69) is 42.7 Å². The van der Waals surface area contributed by atoms with Gasteiger partial charge in [-0.2, -0.15) is 0 Å². The largest absolute Gasteiger partial charge is 0.497 e. The molecule has 1 aliphatic heterocycles. The van der Waals surface area contributed by atoms with E-state index >= 15 is 0 Å². The molecular formula is C30H33N3O4. The molecule has 5 rings (SSSR count). The Bertz CT molecular complexity index is 1410. The first kappa shape index (κ1) is 24.7. The van der Waals surface area contributed by atoms with Gasteiger partial charge in [0.1, 0.15) is 23.1 Å². The van der Waals surface area contributed by atoms with E-state index in [1.807, 2.05) is 36.4 Å². The molecule has 0 radical (unpaired) electrons. The average molecular weight is 500 g/mol. The fourth-order valence-corrected chi connectivity index (χ4v) is 5.19. The molecule has 4 aromatic rings. The van der Waals surface area contributed by atoms with Gasteiger partial charge in [-0.3, -0.25) is 4.79 Å². The predicted molar refractivity (Wildman–Crippen MR) is 145 cm³/mol. The van der Waals surface area contributed by atoms with Crippen LogP contribution in [-0.2, 0) is 11.3 Å². The number of carbonyl (C=O) groups excluding carboxylic acids is 1. The average Bonchev–Trinajstić information content (AvgIpc) is 3.47. The van der Waals surface area contributed by atoms with E-state index in [0.717, 1.165) is 52.4 Å². The summed E-state index contributed by atoms with van der Waals surface area (Å²) < 4.78 is 19.4. The fraction of sp³-hybridized carbons (Fsp3) is 0.333. The maximum Gasteiger partial charge on any atom is 0.227 e. The summed E-state index contributed by atoms with van der Waals surface area (Å²) in [6, 6.07) is 19.9. The van der Waals surface area contributed by atoms with Crippen LogP contribution in [0.3, 0.4) is 0 Å². The second-order valence-corrected chi connectivity index (χ2v) is 9.48. The maximum absolute atomic E-state index is 13.2. The molecule has 1 saturated heterocycles. The van der Waals surface area contributed by atoms with Gasteiger partial charge in [0.2, 0.25) is 5.91 Å². The van der Waals surface area contributed by atoms with Crippen LogP contribution in [0.15, 0.2) is 60.7 Å². The quantitative estimate of drug-likeness (QED) is 0.278. The molecule has 3 aromatic carbocycles. The highest BCUT2D eigenvalue weighted by Crippen LogP contribution is 2.39. The van der Waals surface area contributed by atoms with Crippen LogP contribution in [-0.4, -0.2) is 42.8 Å². The van der Waals surface area contributed by atoms with Gasteiger partial charge in [-0.25, -0.2) is 4.98 Å². The molecule has 37 heavy (non-hydrogen) atoms. The Balaban J connectivity index is 1.38. The number of anilines is 1. The Kier molecular flexibility index (Phi) is 7.04. The third-order valence-corrected chi connectivity index (χ3v) is 7.03. The monoisotopic (exact) mass is 499 g/mol. The van der Waals surface area contributed by atoms with Gasteiger partial charge in [0, 0.05) is 31.5 Å². The minimum absolute atomic E-state index is 0.0321. The number of imidazole rings is 1. The normalized spacial score (nSPS) is 15.4. The van der Waals surface area contributed by atoms with E-state index in [9.17, 15) is 4.79 Å². The van der Waals surface area contributed by atoms with Crippen LogP contribution in [0.1, 0.15) is 35.7 Å². The van der Waals surface area contributed by atoms with Crippen LogP contribution >= 0.6 is 0 Å². The number of hydrogen-bond acceptors (Lipinski definition) is 5. The first-order valence-corrected chi connectivity index (χ1v) is 12.7. The van der Waals surface area contributed by atoms with Gasteiger partial charge < -0.3 is 23.7 Å². The van der Waals surface area contributed by atoms with Crippen molar-refractivity contribution in [3.8, 4) is 17.2 Å². The third kappa shape index (κ3) is 4.86. The summed E-state index contributed by atoms with van der Waals surface area (Å²) in [5.74, 6) is 3.24. The summed E-state index contributed by atoms with van der Waals surface area (Å²) in [4.78, 5) is 20.0. The Morgan fingerprint density at radius 1 is 0.973 bits per heavy atom. The van der Waals surface area contributed by atoms with Gasteiger partial charge in [0.05, 0.1) is 37.5 Å². The molecule has 7 nitrogen and oxygen atoms in total. The third-order valence-electron chi connectivity index (χ3n) is 7.03. The first-order chi connectivity index (χ1) is 18.0. The molecule has 2 heterocycles. The number of nitrogens with zero attached hydrogens (tertiary/aromatic N) is 3. The first-order valence-electron chi connectivity index (χ1n) is 12.7. The number of aryl methyl sites for hydroxylation is 3. The van der Waals surface area contributed by atoms with Crippen molar-refractivity contribution in [2.24, 2.45) is 0 Å². The predicted octanol–water partition coefficient (Wildman–Crippen LogP) is 5.66. The number of ether oxygens (including phenoxy) is 3. The molecule has 1 amide bonds. The summed E-state index contributed by atoms with van der Waals surface area (Å²) in [6.07, 6.45) is 1.22. The minimum Gasteiger partial charge on any atom is -0.497 e. The van der Waals surface area contributed by atoms with Crippen molar-refractivity contribution in [3.05, 3.63) is 77.6 Å². The van der Waals surface area contributed by atoms with E-state index in [1.54, 1.807) is 19.1 Å². The van der Waals surface area contributed by atoms with E-state index in [1.165, 1.54) is 0 Å². The van der Waals surface area contributed by atoms with Crippen molar-refractivity contribution in [2.75, 3.05) is 32.3 Å². The lowest BCUT2D eigenvalue weighted by atomic mass is 10.1. The molecule has 1 atom stereocenters. The molecule has 0 N–H and O–H groups in total. The van der Waals surface area contributed by atoms with E-state index in [-0.39, 0.29) is 11.8 Å². The van der Waals surface area contributed by atoms with Crippen LogP contribution in [0.4, 0.5) is 5.69 Å². The van der Waals surface area contributed by atoms with Gasteiger partial charge in [-0.15, -0.1) is 0 Å². The highest BCUT2D eigenvalue weighted by molar-refractivity contribution is 5.98. The van der Waals surface area contributed by atoms with Crippen LogP contribution < -0.4 is 19.1 Å². The second kappa shape index (κ2) is 10.5. The molecule has 1 aliphatic rings. The number of amides is 1. The van der Waals surface area contributed by atoms with E-state index < -0.39 is 0 Å². The number of methoxy groups -OCH3 is 2. The van der Waals surface area contributed by atoms with Crippen molar-refractivity contribution in [1.29, 1.82) is 0 Å². The summed E-state index contributed by atoms with van der Waals surface area (Å²) in [6.45, 7) is 6.04. The number of benzene rings is 3. The smallest absolute Gasteiger partial charge is 0.227 e. The zero-order valence-corrected chi connectivity index (χ0v) is 21.9. The standard InChI is InChI=1S/C30H33N3O4/c1-20-9-7-10-21(2)29(20)37-16-8-15-32-25-12-6-5-11-24(25)31-30(32)22-17-28(34)33(19-22)26-18-23(35-3)13-14-27(26)36-4/h5-7,9-14,18,22H,8,15-17,19H2,1-4H3/t22-/m1/s1. The molecular weight excluding hydrogens is 466 g/mol. The number of rotatable bonds is 9. The van der Waals surface area contributed by atoms with Crippen molar-refractivity contribution >= 4 is 22.6 Å².